The molecule has 1 aromatic carbocycles. The fourth-order valence-electron chi connectivity index (χ4n) is 0.976. The predicted octanol–water partition coefficient (Wildman–Crippen LogP) is 3.36. The maximum Gasteiger partial charge on any atom is 0.119 e. The topological polar surface area (TPSA) is 20.2 Å². The number of hydrogen-bond acceptors (Lipinski definition) is 1. The number of phenols is 1. The van der Waals surface area contributed by atoms with Crippen molar-refractivity contribution in [3.63, 3.8) is 0 Å². The Kier molecular flexibility index (Phi) is 13.3. The minimum Gasteiger partial charge on any atom is -0.508 e. The second-order valence-corrected chi connectivity index (χ2v) is 2.71. The predicted molar refractivity (Wildman–Crippen MR) is 56.7 cm³/mol. The van der Waals surface area contributed by atoms with E-state index in [0.29, 0.717) is 11.7 Å². The average molecular weight is 300 g/mol. The van der Waals surface area contributed by atoms with Crippen molar-refractivity contribution < 1.29 is 31.3 Å². The van der Waals surface area contributed by atoms with E-state index in [-0.39, 0.29) is 51.0 Å². The van der Waals surface area contributed by atoms with Gasteiger partial charge < -0.3 is 5.11 Å². The van der Waals surface area contributed by atoms with Crippen LogP contribution in [-0.4, -0.2) is 5.11 Å². The molecule has 1 nitrogen and oxygen atoms in total. The quantitative estimate of drug-likeness (QED) is 0.843. The van der Waals surface area contributed by atoms with Gasteiger partial charge in [-0.2, -0.15) is 0 Å². The molecule has 1 rings (SSSR count). The molecule has 13 heavy (non-hydrogen) atoms. The summed E-state index contributed by atoms with van der Waals surface area (Å²) in [5.74, 6) is 0.804. The van der Waals surface area contributed by atoms with Crippen LogP contribution in [0.15, 0.2) is 24.3 Å². The van der Waals surface area contributed by atoms with Crippen LogP contribution in [0, 0.1) is 0 Å². The number of halogens is 2. The van der Waals surface area contributed by atoms with Crippen molar-refractivity contribution >= 4 is 24.8 Å². The third-order valence-electron chi connectivity index (χ3n) is 1.56. The van der Waals surface area contributed by atoms with Crippen molar-refractivity contribution in [3.05, 3.63) is 29.8 Å². The summed E-state index contributed by atoms with van der Waals surface area (Å²) in [5, 5.41) is 9.28. The molecule has 0 aromatic heterocycles. The molecule has 74 valence electrons. The molecule has 0 radical (unpaired) electrons. The van der Waals surface area contributed by atoms with Crippen LogP contribution in [0.5, 0.6) is 5.75 Å². The standard InChI is InChI=1S/C9H12O.2ClH.Zr/c1-7(2)8-5-3-4-6-9(8)10;;;/h3-7,10H,1-2H3;2*1H;. The van der Waals surface area contributed by atoms with E-state index >= 15 is 0 Å². The van der Waals surface area contributed by atoms with Crippen molar-refractivity contribution in [2.24, 2.45) is 0 Å². The minimum absolute atomic E-state index is 0. The first-order valence-corrected chi connectivity index (χ1v) is 3.49. The molecule has 0 atom stereocenters. The Morgan fingerprint density at radius 1 is 1.08 bits per heavy atom. The Hall–Kier alpha value is 0.483. The van der Waals surface area contributed by atoms with Gasteiger partial charge in [0.2, 0.25) is 0 Å². The maximum atomic E-state index is 9.28. The third-order valence-corrected chi connectivity index (χ3v) is 1.56. The molecule has 0 aliphatic rings. The maximum absolute atomic E-state index is 9.28. The van der Waals surface area contributed by atoms with Crippen molar-refractivity contribution in [3.8, 4) is 5.75 Å². The molecule has 0 fully saturated rings. The molecule has 0 amide bonds. The first-order valence-electron chi connectivity index (χ1n) is 3.49. The van der Waals surface area contributed by atoms with E-state index in [0.717, 1.165) is 5.56 Å². The number of benzene rings is 1. The molecule has 0 aliphatic carbocycles. The van der Waals surface area contributed by atoms with Crippen LogP contribution < -0.4 is 0 Å². The van der Waals surface area contributed by atoms with Gasteiger partial charge >= 0.3 is 0 Å². The monoisotopic (exact) mass is 298 g/mol. The van der Waals surface area contributed by atoms with Crippen LogP contribution >= 0.6 is 24.8 Å². The zero-order valence-corrected chi connectivity index (χ0v) is 11.7. The van der Waals surface area contributed by atoms with Crippen LogP contribution in [0.4, 0.5) is 0 Å². The van der Waals surface area contributed by atoms with Crippen LogP contribution in [-0.2, 0) is 26.2 Å². The SMILES string of the molecule is CC(C)c1ccccc1O.Cl.Cl.[Zr]. The molecule has 0 spiro atoms. The second-order valence-electron chi connectivity index (χ2n) is 2.71. The molecule has 1 N–H and O–H groups in total. The van der Waals surface area contributed by atoms with Gasteiger partial charge in [0.25, 0.3) is 0 Å². The zero-order chi connectivity index (χ0) is 7.56. The van der Waals surface area contributed by atoms with Crippen LogP contribution in [0.1, 0.15) is 25.3 Å². The summed E-state index contributed by atoms with van der Waals surface area (Å²) in [6.45, 7) is 4.13. The molecule has 4 heteroatoms. The van der Waals surface area contributed by atoms with Gasteiger partial charge in [-0.3, -0.25) is 0 Å². The number of hydrogen-bond donors (Lipinski definition) is 1. The number of aromatic hydroxyl groups is 1. The van der Waals surface area contributed by atoms with E-state index in [1.165, 1.54) is 0 Å². The fraction of sp³-hybridized carbons (Fsp3) is 0.333. The summed E-state index contributed by atoms with van der Waals surface area (Å²) in [7, 11) is 0. The summed E-state index contributed by atoms with van der Waals surface area (Å²) in [6.07, 6.45) is 0. The number of phenolic OH excluding ortho intramolecular Hbond substituents is 1. The Morgan fingerprint density at radius 3 is 1.85 bits per heavy atom. The molecule has 0 unspecified atom stereocenters. The van der Waals surface area contributed by atoms with E-state index in [9.17, 15) is 5.11 Å². The van der Waals surface area contributed by atoms with Gasteiger partial charge in [-0.25, -0.2) is 0 Å². The van der Waals surface area contributed by atoms with Crippen molar-refractivity contribution in [2.75, 3.05) is 0 Å². The Labute approximate surface area is 111 Å². The van der Waals surface area contributed by atoms with E-state index in [1.807, 2.05) is 18.2 Å². The van der Waals surface area contributed by atoms with Gasteiger partial charge in [0.15, 0.2) is 0 Å². The Balaban J connectivity index is -0.000000333. The van der Waals surface area contributed by atoms with Gasteiger partial charge in [0, 0.05) is 26.2 Å². The van der Waals surface area contributed by atoms with E-state index in [1.54, 1.807) is 6.07 Å². The van der Waals surface area contributed by atoms with Crippen molar-refractivity contribution in [1.29, 1.82) is 0 Å². The van der Waals surface area contributed by atoms with Gasteiger partial charge in [0.05, 0.1) is 0 Å². The third kappa shape index (κ3) is 5.72. The molecular weight excluding hydrogens is 286 g/mol. The minimum atomic E-state index is 0. The van der Waals surface area contributed by atoms with Crippen LogP contribution in [0.2, 0.25) is 0 Å². The molecule has 1 aromatic rings. The van der Waals surface area contributed by atoms with Gasteiger partial charge in [-0.15, -0.1) is 24.8 Å². The van der Waals surface area contributed by atoms with Gasteiger partial charge in [0.1, 0.15) is 5.75 Å². The zero-order valence-electron chi connectivity index (χ0n) is 7.65. The average Bonchev–Trinajstić information content (AvgIpc) is 1.88. The summed E-state index contributed by atoms with van der Waals surface area (Å²) < 4.78 is 0. The fourth-order valence-corrected chi connectivity index (χ4v) is 0.976. The van der Waals surface area contributed by atoms with E-state index in [4.69, 9.17) is 0 Å². The molecule has 0 saturated heterocycles. The molecule has 0 aliphatic heterocycles. The van der Waals surface area contributed by atoms with Gasteiger partial charge in [-0.05, 0) is 17.5 Å². The van der Waals surface area contributed by atoms with Gasteiger partial charge in [-0.1, -0.05) is 32.0 Å². The molecule has 0 heterocycles. The van der Waals surface area contributed by atoms with Crippen LogP contribution in [0.25, 0.3) is 0 Å². The summed E-state index contributed by atoms with van der Waals surface area (Å²) >= 11 is 0. The summed E-state index contributed by atoms with van der Waals surface area (Å²) in [6, 6.07) is 7.44. The normalized spacial score (nSPS) is 7.92. The molecular formula is C9H14Cl2OZr. The molecule has 0 bridgehead atoms. The summed E-state index contributed by atoms with van der Waals surface area (Å²) in [5.41, 5.74) is 1.02. The van der Waals surface area contributed by atoms with Crippen molar-refractivity contribution in [2.45, 2.75) is 19.8 Å². The number of para-hydroxylation sites is 1. The first-order chi connectivity index (χ1) is 4.72. The summed E-state index contributed by atoms with van der Waals surface area (Å²) in [4.78, 5) is 0. The van der Waals surface area contributed by atoms with Crippen LogP contribution in [0.3, 0.4) is 0 Å². The van der Waals surface area contributed by atoms with E-state index in [2.05, 4.69) is 13.8 Å². The Morgan fingerprint density at radius 2 is 1.54 bits per heavy atom. The van der Waals surface area contributed by atoms with E-state index < -0.39 is 0 Å². The molecule has 0 saturated carbocycles. The Bertz CT molecular complexity index is 229. The second kappa shape index (κ2) is 9.05. The first kappa shape index (κ1) is 19.1. The largest absolute Gasteiger partial charge is 0.508 e. The number of rotatable bonds is 1. The smallest absolute Gasteiger partial charge is 0.119 e. The van der Waals surface area contributed by atoms with Crippen molar-refractivity contribution in [1.82, 2.24) is 0 Å².